The molecule has 0 amide bonds. The standard InChI is InChI=1S/C39H37N2/c1-26-28-12-8-18-30(26)36-20-10-21-37(40-36)34-16-6-4-14-32(34)33-15-5-7-17-35(33)39-23-11-22-38(41(39)3)31-19-9-13-29(25-24-28)27(31)2/h4-23,26-27,29-30H,24-25H2,1-3H3/q+1. The molecule has 2 nitrogen and oxygen atoms in total. The van der Waals surface area contributed by atoms with Crippen LogP contribution in [0.3, 0.4) is 0 Å². The Bertz CT molecular complexity index is 1750. The topological polar surface area (TPSA) is 16.8 Å². The maximum absolute atomic E-state index is 5.32. The number of rotatable bonds is 0. The van der Waals surface area contributed by atoms with E-state index in [0.29, 0.717) is 17.8 Å². The number of benzene rings is 2. The smallest absolute Gasteiger partial charge is 0.213 e. The summed E-state index contributed by atoms with van der Waals surface area (Å²) in [5.41, 5.74) is 12.5. The molecule has 8 bridgehead atoms. The molecular formula is C39H37N2+. The number of allylic oxidation sites excluding steroid dienone is 8. The Morgan fingerprint density at radius 3 is 2.17 bits per heavy atom. The molecule has 2 aliphatic carbocycles. The van der Waals surface area contributed by atoms with Crippen molar-refractivity contribution in [3.8, 4) is 33.6 Å². The molecule has 3 aliphatic rings. The lowest BCUT2D eigenvalue weighted by molar-refractivity contribution is -0.663. The Morgan fingerprint density at radius 1 is 0.659 bits per heavy atom. The third-order valence-corrected chi connectivity index (χ3v) is 9.62. The van der Waals surface area contributed by atoms with Gasteiger partial charge in [0.1, 0.15) is 7.05 Å². The largest absolute Gasteiger partial charge is 0.252 e. The fraction of sp³-hybridized carbons (Fsp3) is 0.231. The highest BCUT2D eigenvalue weighted by Gasteiger charge is 2.30. The van der Waals surface area contributed by atoms with Gasteiger partial charge in [-0.15, -0.1) is 0 Å². The van der Waals surface area contributed by atoms with Crippen LogP contribution in [0.5, 0.6) is 0 Å². The summed E-state index contributed by atoms with van der Waals surface area (Å²) in [6, 6.07) is 30.9. The summed E-state index contributed by atoms with van der Waals surface area (Å²) >= 11 is 0. The van der Waals surface area contributed by atoms with Crippen molar-refractivity contribution in [3.63, 3.8) is 0 Å². The maximum atomic E-state index is 5.32. The van der Waals surface area contributed by atoms with Gasteiger partial charge in [-0.2, -0.15) is 4.57 Å². The van der Waals surface area contributed by atoms with E-state index in [2.05, 4.69) is 147 Å². The normalized spacial score (nSPS) is 22.9. The predicted molar refractivity (Wildman–Crippen MR) is 170 cm³/mol. The summed E-state index contributed by atoms with van der Waals surface area (Å²) in [7, 11) is 2.22. The van der Waals surface area contributed by atoms with Gasteiger partial charge in [-0.1, -0.05) is 104 Å². The molecule has 0 saturated carbocycles. The van der Waals surface area contributed by atoms with Crippen molar-refractivity contribution in [2.24, 2.45) is 24.8 Å². The lowest BCUT2D eigenvalue weighted by Gasteiger charge is -2.30. The van der Waals surface area contributed by atoms with Crippen LogP contribution in [0.1, 0.15) is 44.0 Å². The van der Waals surface area contributed by atoms with E-state index in [9.17, 15) is 0 Å². The Balaban J connectivity index is 1.47. The van der Waals surface area contributed by atoms with Crippen LogP contribution in [0, 0.1) is 17.8 Å². The minimum atomic E-state index is 0.280. The first-order valence-electron chi connectivity index (χ1n) is 15.0. The number of hydrogen-bond donors (Lipinski definition) is 0. The van der Waals surface area contributed by atoms with Crippen LogP contribution in [0.15, 0.2) is 127 Å². The molecule has 2 aromatic heterocycles. The van der Waals surface area contributed by atoms with Gasteiger partial charge in [0.15, 0.2) is 0 Å². The van der Waals surface area contributed by atoms with Crippen molar-refractivity contribution >= 4 is 5.57 Å². The third-order valence-electron chi connectivity index (χ3n) is 9.62. The lowest BCUT2D eigenvalue weighted by Crippen LogP contribution is -2.37. The second-order valence-electron chi connectivity index (χ2n) is 11.8. The predicted octanol–water partition coefficient (Wildman–Crippen LogP) is 9.12. The fourth-order valence-electron chi connectivity index (χ4n) is 7.18. The van der Waals surface area contributed by atoms with Crippen LogP contribution in [-0.4, -0.2) is 4.98 Å². The highest BCUT2D eigenvalue weighted by Crippen LogP contribution is 2.42. The van der Waals surface area contributed by atoms with Gasteiger partial charge in [-0.3, -0.25) is 4.98 Å². The molecular weight excluding hydrogens is 496 g/mol. The van der Waals surface area contributed by atoms with Gasteiger partial charge in [0.2, 0.25) is 11.4 Å². The van der Waals surface area contributed by atoms with Crippen LogP contribution in [0.4, 0.5) is 0 Å². The first-order chi connectivity index (χ1) is 20.1. The molecule has 0 fully saturated rings. The summed E-state index contributed by atoms with van der Waals surface area (Å²) in [6.07, 6.45) is 16.3. The van der Waals surface area contributed by atoms with E-state index in [1.807, 2.05) is 0 Å². The maximum Gasteiger partial charge on any atom is 0.213 e. The molecule has 7 rings (SSSR count). The SMILES string of the molecule is CC1C2=CC=CC1CCC1=CC=CC(c3cccc(n3)-c3ccccc3-c3ccccc3-c3cccc2[n+]3C)C1C. The Kier molecular flexibility index (Phi) is 6.63. The van der Waals surface area contributed by atoms with Crippen LogP contribution < -0.4 is 4.57 Å². The Morgan fingerprint density at radius 2 is 1.34 bits per heavy atom. The minimum absolute atomic E-state index is 0.280. The average molecular weight is 534 g/mol. The van der Waals surface area contributed by atoms with E-state index in [1.165, 1.54) is 44.8 Å². The molecule has 2 aromatic carbocycles. The molecule has 0 spiro atoms. The lowest BCUT2D eigenvalue weighted by atomic mass is 9.75. The zero-order valence-corrected chi connectivity index (χ0v) is 24.2. The number of fused-ring (bicyclic) bond motifs is 15. The van der Waals surface area contributed by atoms with Crippen LogP contribution in [0.2, 0.25) is 0 Å². The van der Waals surface area contributed by atoms with E-state index in [4.69, 9.17) is 4.98 Å². The first-order valence-corrected chi connectivity index (χ1v) is 15.0. The van der Waals surface area contributed by atoms with Crippen molar-refractivity contribution < 1.29 is 4.57 Å². The second-order valence-corrected chi connectivity index (χ2v) is 11.8. The molecule has 4 atom stereocenters. The van der Waals surface area contributed by atoms with Gasteiger partial charge >= 0.3 is 0 Å². The molecule has 4 aromatic rings. The zero-order chi connectivity index (χ0) is 27.9. The van der Waals surface area contributed by atoms with E-state index >= 15 is 0 Å². The molecule has 1 aliphatic heterocycles. The molecule has 0 radical (unpaired) electrons. The number of hydrogen-bond acceptors (Lipinski definition) is 1. The Hall–Kier alpha value is -4.30. The number of pyridine rings is 2. The van der Waals surface area contributed by atoms with Crippen LogP contribution in [-0.2, 0) is 7.05 Å². The molecule has 202 valence electrons. The first kappa shape index (κ1) is 25.7. The third kappa shape index (κ3) is 4.52. The summed E-state index contributed by atoms with van der Waals surface area (Å²) in [6.45, 7) is 4.79. The number of aromatic nitrogens is 2. The van der Waals surface area contributed by atoms with Crippen molar-refractivity contribution in [2.45, 2.75) is 32.6 Å². The van der Waals surface area contributed by atoms with Gasteiger partial charge < -0.3 is 0 Å². The average Bonchev–Trinajstić information content (AvgIpc) is 3.01. The summed E-state index contributed by atoms with van der Waals surface area (Å²) in [4.78, 5) is 5.32. The van der Waals surface area contributed by atoms with Crippen LogP contribution in [0.25, 0.3) is 39.2 Å². The minimum Gasteiger partial charge on any atom is -0.252 e. The molecule has 0 saturated heterocycles. The highest BCUT2D eigenvalue weighted by atomic mass is 14.9. The highest BCUT2D eigenvalue weighted by molar-refractivity contribution is 5.89. The van der Waals surface area contributed by atoms with Gasteiger partial charge in [0.25, 0.3) is 0 Å². The summed E-state index contributed by atoms with van der Waals surface area (Å²) in [5.74, 6) is 1.66. The van der Waals surface area contributed by atoms with Crippen molar-refractivity contribution in [2.75, 3.05) is 0 Å². The molecule has 4 unspecified atom stereocenters. The fourth-order valence-corrected chi connectivity index (χ4v) is 7.18. The second kappa shape index (κ2) is 10.6. The molecule has 3 heterocycles. The van der Waals surface area contributed by atoms with E-state index < -0.39 is 0 Å². The monoisotopic (exact) mass is 533 g/mol. The molecule has 0 N–H and O–H groups in total. The van der Waals surface area contributed by atoms with Gasteiger partial charge in [-0.05, 0) is 66.0 Å². The van der Waals surface area contributed by atoms with E-state index in [-0.39, 0.29) is 5.92 Å². The molecule has 41 heavy (non-hydrogen) atoms. The van der Waals surface area contributed by atoms with Crippen molar-refractivity contribution in [3.05, 3.63) is 138 Å². The zero-order valence-electron chi connectivity index (χ0n) is 24.2. The van der Waals surface area contributed by atoms with Crippen LogP contribution >= 0.6 is 0 Å². The van der Waals surface area contributed by atoms with Gasteiger partial charge in [0, 0.05) is 34.9 Å². The quantitative estimate of drug-likeness (QED) is 0.206. The van der Waals surface area contributed by atoms with Gasteiger partial charge in [-0.25, -0.2) is 0 Å². The van der Waals surface area contributed by atoms with E-state index in [1.54, 1.807) is 0 Å². The van der Waals surface area contributed by atoms with Gasteiger partial charge in [0.05, 0.1) is 11.3 Å². The number of nitrogens with zero attached hydrogens (tertiary/aromatic N) is 2. The summed E-state index contributed by atoms with van der Waals surface area (Å²) in [5, 5.41) is 0. The summed E-state index contributed by atoms with van der Waals surface area (Å²) < 4.78 is 2.39. The Labute approximate surface area is 244 Å². The molecule has 2 heteroatoms. The van der Waals surface area contributed by atoms with Crippen molar-refractivity contribution in [1.82, 2.24) is 4.98 Å². The van der Waals surface area contributed by atoms with E-state index in [0.717, 1.165) is 24.2 Å². The van der Waals surface area contributed by atoms with Crippen molar-refractivity contribution in [1.29, 1.82) is 0 Å².